The highest BCUT2D eigenvalue weighted by atomic mass is 127. The number of benzene rings is 2. The van der Waals surface area contributed by atoms with Crippen molar-refractivity contribution < 1.29 is 19.0 Å². The summed E-state index contributed by atoms with van der Waals surface area (Å²) < 4.78 is 19.4. The van der Waals surface area contributed by atoms with E-state index in [1.54, 1.807) is 32.2 Å². The van der Waals surface area contributed by atoms with Crippen molar-refractivity contribution in [3.05, 3.63) is 60.1 Å². The Hall–Kier alpha value is -2.47. The minimum absolute atomic E-state index is 0.182. The molecule has 0 amide bonds. The number of hydrogen-bond donors (Lipinski definition) is 0. The Morgan fingerprint density at radius 3 is 2.73 bits per heavy atom. The third-order valence-electron chi connectivity index (χ3n) is 6.29. The second kappa shape index (κ2) is 12.4. The summed E-state index contributed by atoms with van der Waals surface area (Å²) in [7, 11) is 1.53. The molecule has 196 valence electrons. The summed E-state index contributed by atoms with van der Waals surface area (Å²) in [5.74, 6) is 1.32. The molecule has 3 aromatic rings. The van der Waals surface area contributed by atoms with Crippen LogP contribution in [0.1, 0.15) is 63.3 Å². The SMILES string of the molecule is CCOC(=O)[C@H](C)Oc1c(I)cc(C=Nn2c(C3CCCCC3)nc3ccc(Br)cc3c2=O)cc1OC. The van der Waals surface area contributed by atoms with Gasteiger partial charge in [-0.1, -0.05) is 35.2 Å². The Kier molecular flexibility index (Phi) is 9.22. The van der Waals surface area contributed by atoms with Crippen molar-refractivity contribution in [1.29, 1.82) is 0 Å². The minimum Gasteiger partial charge on any atom is -0.493 e. The molecule has 1 heterocycles. The van der Waals surface area contributed by atoms with Crippen LogP contribution in [-0.2, 0) is 9.53 Å². The number of nitrogens with zero attached hydrogens (tertiary/aromatic N) is 3. The van der Waals surface area contributed by atoms with Crippen molar-refractivity contribution in [1.82, 2.24) is 9.66 Å². The second-order valence-corrected chi connectivity index (χ2v) is 11.0. The van der Waals surface area contributed by atoms with Gasteiger partial charge in [0.1, 0.15) is 5.82 Å². The number of carbonyl (C=O) groups is 1. The van der Waals surface area contributed by atoms with Crippen LogP contribution in [-0.4, -0.2) is 41.7 Å². The maximum absolute atomic E-state index is 13.5. The van der Waals surface area contributed by atoms with E-state index in [4.69, 9.17) is 19.2 Å². The molecule has 1 aliphatic carbocycles. The van der Waals surface area contributed by atoms with E-state index in [0.717, 1.165) is 33.7 Å². The zero-order valence-corrected chi connectivity index (χ0v) is 24.7. The molecule has 0 saturated heterocycles. The standard InChI is InChI=1S/C27H29BrIN3O5/c1-4-36-27(34)16(2)37-24-21(29)12-17(13-23(24)35-3)15-30-32-25(18-8-6-5-7-9-18)31-22-11-10-19(28)14-20(22)26(32)33/h10-16,18H,4-9H2,1-3H3/t16-/m0/s1. The molecule has 10 heteroatoms. The quantitative estimate of drug-likeness (QED) is 0.164. The summed E-state index contributed by atoms with van der Waals surface area (Å²) in [6, 6.07) is 9.16. The molecule has 1 saturated carbocycles. The van der Waals surface area contributed by atoms with Crippen LogP contribution in [0.15, 0.2) is 44.7 Å². The number of esters is 1. The Labute approximate surface area is 237 Å². The molecule has 1 atom stereocenters. The highest BCUT2D eigenvalue weighted by Gasteiger charge is 2.23. The Morgan fingerprint density at radius 2 is 2.03 bits per heavy atom. The van der Waals surface area contributed by atoms with Gasteiger partial charge in [0.05, 0.1) is 34.4 Å². The number of halogens is 2. The lowest BCUT2D eigenvalue weighted by atomic mass is 9.88. The smallest absolute Gasteiger partial charge is 0.347 e. The highest BCUT2D eigenvalue weighted by molar-refractivity contribution is 14.1. The number of ether oxygens (including phenoxy) is 3. The first-order valence-electron chi connectivity index (χ1n) is 12.3. The molecule has 0 radical (unpaired) electrons. The molecule has 0 N–H and O–H groups in total. The van der Waals surface area contributed by atoms with Crippen LogP contribution in [0.2, 0.25) is 0 Å². The molecule has 37 heavy (non-hydrogen) atoms. The number of methoxy groups -OCH3 is 1. The van der Waals surface area contributed by atoms with E-state index >= 15 is 0 Å². The minimum atomic E-state index is -0.790. The summed E-state index contributed by atoms with van der Waals surface area (Å²) >= 11 is 5.58. The fourth-order valence-corrected chi connectivity index (χ4v) is 5.55. The summed E-state index contributed by atoms with van der Waals surface area (Å²) in [5, 5.41) is 5.13. The van der Waals surface area contributed by atoms with Gasteiger partial charge in [0, 0.05) is 10.4 Å². The zero-order chi connectivity index (χ0) is 26.5. The fraction of sp³-hybridized carbons (Fsp3) is 0.407. The van der Waals surface area contributed by atoms with Gasteiger partial charge in [0.2, 0.25) is 0 Å². The predicted octanol–water partition coefficient (Wildman–Crippen LogP) is 6.03. The molecular weight excluding hydrogens is 653 g/mol. The van der Waals surface area contributed by atoms with Crippen LogP contribution in [0.4, 0.5) is 0 Å². The van der Waals surface area contributed by atoms with Crippen molar-refractivity contribution in [2.45, 2.75) is 58.0 Å². The first-order chi connectivity index (χ1) is 17.8. The number of aromatic nitrogens is 2. The van der Waals surface area contributed by atoms with Gasteiger partial charge in [-0.25, -0.2) is 9.78 Å². The first kappa shape index (κ1) is 27.6. The van der Waals surface area contributed by atoms with Gasteiger partial charge in [-0.2, -0.15) is 9.78 Å². The molecular formula is C27H29BrIN3O5. The number of hydrogen-bond acceptors (Lipinski definition) is 7. The van der Waals surface area contributed by atoms with Gasteiger partial charge >= 0.3 is 5.97 Å². The Morgan fingerprint density at radius 1 is 1.27 bits per heavy atom. The lowest BCUT2D eigenvalue weighted by Gasteiger charge is -2.22. The summed E-state index contributed by atoms with van der Waals surface area (Å²) in [4.78, 5) is 30.5. The van der Waals surface area contributed by atoms with Gasteiger partial charge in [-0.05, 0) is 85.2 Å². The van der Waals surface area contributed by atoms with Crippen molar-refractivity contribution >= 4 is 61.6 Å². The number of fused-ring (bicyclic) bond motifs is 1. The van der Waals surface area contributed by atoms with Gasteiger partial charge in [0.15, 0.2) is 17.6 Å². The topological polar surface area (TPSA) is 92.0 Å². The van der Waals surface area contributed by atoms with Gasteiger partial charge in [-0.15, -0.1) is 0 Å². The normalized spacial score (nSPS) is 15.2. The van der Waals surface area contributed by atoms with E-state index in [-0.39, 0.29) is 18.1 Å². The van der Waals surface area contributed by atoms with Crippen LogP contribution in [0.25, 0.3) is 10.9 Å². The van der Waals surface area contributed by atoms with Crippen molar-refractivity contribution in [2.75, 3.05) is 13.7 Å². The summed E-state index contributed by atoms with van der Waals surface area (Å²) in [6.07, 6.45) is 6.24. The van der Waals surface area contributed by atoms with Gasteiger partial charge in [0.25, 0.3) is 5.56 Å². The monoisotopic (exact) mass is 681 g/mol. The lowest BCUT2D eigenvalue weighted by molar-refractivity contribution is -0.150. The summed E-state index contributed by atoms with van der Waals surface area (Å²) in [5.41, 5.74) is 1.19. The molecule has 0 unspecified atom stereocenters. The van der Waals surface area contributed by atoms with E-state index < -0.39 is 12.1 Å². The van der Waals surface area contributed by atoms with Gasteiger partial charge in [-0.3, -0.25) is 4.79 Å². The molecule has 1 aromatic heterocycles. The predicted molar refractivity (Wildman–Crippen MR) is 155 cm³/mol. The number of carbonyl (C=O) groups excluding carboxylic acids is 1. The Bertz CT molecular complexity index is 1380. The summed E-state index contributed by atoms with van der Waals surface area (Å²) in [6.45, 7) is 3.66. The molecule has 4 rings (SSSR count). The van der Waals surface area contributed by atoms with Crippen molar-refractivity contribution in [2.24, 2.45) is 5.10 Å². The number of rotatable bonds is 8. The molecule has 0 bridgehead atoms. The van der Waals surface area contributed by atoms with Crippen LogP contribution in [0, 0.1) is 3.57 Å². The maximum atomic E-state index is 13.5. The van der Waals surface area contributed by atoms with Crippen molar-refractivity contribution in [3.63, 3.8) is 0 Å². The van der Waals surface area contributed by atoms with E-state index in [0.29, 0.717) is 33.8 Å². The van der Waals surface area contributed by atoms with Crippen molar-refractivity contribution in [3.8, 4) is 11.5 Å². The van der Waals surface area contributed by atoms with Crippen LogP contribution < -0.4 is 15.0 Å². The molecule has 8 nitrogen and oxygen atoms in total. The highest BCUT2D eigenvalue weighted by Crippen LogP contribution is 2.35. The van der Waals surface area contributed by atoms with E-state index in [1.165, 1.54) is 18.2 Å². The molecule has 1 aliphatic rings. The maximum Gasteiger partial charge on any atom is 0.347 e. The van der Waals surface area contributed by atoms with E-state index in [2.05, 4.69) is 43.6 Å². The van der Waals surface area contributed by atoms with E-state index in [9.17, 15) is 9.59 Å². The fourth-order valence-electron chi connectivity index (χ4n) is 4.44. The zero-order valence-electron chi connectivity index (χ0n) is 21.0. The third-order valence-corrected chi connectivity index (χ3v) is 7.59. The molecule has 2 aromatic carbocycles. The van der Waals surface area contributed by atoms with Gasteiger partial charge < -0.3 is 14.2 Å². The first-order valence-corrected chi connectivity index (χ1v) is 14.2. The van der Waals surface area contributed by atoms with Crippen LogP contribution >= 0.6 is 38.5 Å². The molecule has 0 spiro atoms. The largest absolute Gasteiger partial charge is 0.493 e. The van der Waals surface area contributed by atoms with E-state index in [1.807, 2.05) is 18.2 Å². The van der Waals surface area contributed by atoms with Crippen LogP contribution in [0.5, 0.6) is 11.5 Å². The second-order valence-electron chi connectivity index (χ2n) is 8.87. The average molecular weight is 682 g/mol. The third kappa shape index (κ3) is 6.34. The average Bonchev–Trinajstić information content (AvgIpc) is 2.90. The van der Waals surface area contributed by atoms with Crippen LogP contribution in [0.3, 0.4) is 0 Å². The molecule has 1 fully saturated rings. The Balaban J connectivity index is 1.73. The molecule has 0 aliphatic heterocycles. The lowest BCUT2D eigenvalue weighted by Crippen LogP contribution is -2.26.